The maximum absolute atomic E-state index is 14.0. The van der Waals surface area contributed by atoms with Crippen molar-refractivity contribution >= 4 is 11.7 Å². The van der Waals surface area contributed by atoms with Gasteiger partial charge in [-0.25, -0.2) is 9.97 Å². The maximum Gasteiger partial charge on any atom is 0.225 e. The molecular weight excluding hydrogens is 444 g/mol. The molecule has 1 aromatic heterocycles. The lowest BCUT2D eigenvalue weighted by Crippen LogP contribution is -2.52. The largest absolute Gasteiger partial charge is 0.338 e. The van der Waals surface area contributed by atoms with E-state index in [4.69, 9.17) is 9.97 Å². The number of anilines is 1. The molecule has 5 heteroatoms. The molecule has 36 heavy (non-hydrogen) atoms. The second-order valence-electron chi connectivity index (χ2n) is 10.7. The molecule has 0 amide bonds. The molecule has 1 aliphatic heterocycles. The van der Waals surface area contributed by atoms with E-state index in [1.54, 1.807) is 0 Å². The van der Waals surface area contributed by atoms with E-state index in [9.17, 15) is 4.79 Å². The van der Waals surface area contributed by atoms with Crippen molar-refractivity contribution in [1.29, 1.82) is 0 Å². The number of hydrogen-bond acceptors (Lipinski definition) is 5. The van der Waals surface area contributed by atoms with Gasteiger partial charge in [-0.05, 0) is 55.2 Å². The van der Waals surface area contributed by atoms with E-state index in [-0.39, 0.29) is 11.8 Å². The Bertz CT molecular complexity index is 1130. The van der Waals surface area contributed by atoms with Crippen LogP contribution in [0.4, 0.5) is 5.95 Å². The molecule has 0 radical (unpaired) electrons. The van der Waals surface area contributed by atoms with Crippen LogP contribution in [0.1, 0.15) is 60.4 Å². The predicted octanol–water partition coefficient (Wildman–Crippen LogP) is 5.05. The summed E-state index contributed by atoms with van der Waals surface area (Å²) in [4.78, 5) is 28.8. The number of piperazine rings is 1. The quantitative estimate of drug-likeness (QED) is 0.462. The first-order chi connectivity index (χ1) is 17.8. The number of nitrogens with zero attached hydrogens (tertiary/aromatic N) is 4. The molecule has 2 fully saturated rings. The third-order valence-corrected chi connectivity index (χ3v) is 8.57. The van der Waals surface area contributed by atoms with Gasteiger partial charge in [-0.3, -0.25) is 9.69 Å². The predicted molar refractivity (Wildman–Crippen MR) is 143 cm³/mol. The minimum absolute atomic E-state index is 0.0269. The van der Waals surface area contributed by atoms with Gasteiger partial charge in [-0.15, -0.1) is 0 Å². The van der Waals surface area contributed by atoms with Gasteiger partial charge in [0.1, 0.15) is 5.78 Å². The fourth-order valence-corrected chi connectivity index (χ4v) is 6.17. The van der Waals surface area contributed by atoms with Crippen LogP contribution in [0.2, 0.25) is 0 Å². The van der Waals surface area contributed by atoms with Gasteiger partial charge in [0.15, 0.2) is 0 Å². The van der Waals surface area contributed by atoms with Crippen molar-refractivity contribution in [2.45, 2.75) is 56.9 Å². The number of benzene rings is 2. The smallest absolute Gasteiger partial charge is 0.225 e. The molecule has 1 atom stereocenters. The zero-order chi connectivity index (χ0) is 24.3. The van der Waals surface area contributed by atoms with Crippen molar-refractivity contribution < 1.29 is 4.79 Å². The lowest BCUT2D eigenvalue weighted by molar-refractivity contribution is -0.123. The first-order valence-electron chi connectivity index (χ1n) is 13.7. The summed E-state index contributed by atoms with van der Waals surface area (Å²) in [6.07, 6.45) is 9.60. The Morgan fingerprint density at radius 3 is 2.06 bits per heavy atom. The first-order valence-corrected chi connectivity index (χ1v) is 13.7. The highest BCUT2D eigenvalue weighted by Crippen LogP contribution is 2.34. The summed E-state index contributed by atoms with van der Waals surface area (Å²) in [5, 5.41) is 0. The summed E-state index contributed by atoms with van der Waals surface area (Å²) < 4.78 is 0. The zero-order valence-corrected chi connectivity index (χ0v) is 21.1. The Morgan fingerprint density at radius 2 is 1.44 bits per heavy atom. The van der Waals surface area contributed by atoms with Crippen LogP contribution in [-0.4, -0.2) is 52.9 Å². The highest BCUT2D eigenvalue weighted by Gasteiger charge is 2.32. The molecule has 186 valence electrons. The highest BCUT2D eigenvalue weighted by molar-refractivity contribution is 5.91. The molecule has 0 bridgehead atoms. The molecule has 2 heterocycles. The fraction of sp³-hybridized carbons (Fsp3) is 0.452. The van der Waals surface area contributed by atoms with Gasteiger partial charge in [0.2, 0.25) is 5.95 Å². The van der Waals surface area contributed by atoms with Crippen LogP contribution in [0.15, 0.2) is 66.9 Å². The zero-order valence-electron chi connectivity index (χ0n) is 21.1. The third-order valence-electron chi connectivity index (χ3n) is 8.57. The molecule has 2 aliphatic carbocycles. The standard InChI is InChI=1S/C31H36N4O/c36-30(29(23-8-3-1-4-9-23)24-10-5-2-6-11-24)25-14-15-26-22-32-31(33-28(26)17-16-25)35-20-18-34(19-21-35)27-12-7-13-27/h1-6,8-11,22,25,27,29H,7,12-21H2. The number of ketones is 1. The number of carbonyl (C=O) groups excluding carboxylic acids is 1. The molecule has 5 nitrogen and oxygen atoms in total. The Hall–Kier alpha value is -3.05. The number of hydrogen-bond donors (Lipinski definition) is 0. The van der Waals surface area contributed by atoms with Crippen LogP contribution in [0.3, 0.4) is 0 Å². The average Bonchev–Trinajstić information content (AvgIpc) is 3.12. The van der Waals surface area contributed by atoms with Gasteiger partial charge < -0.3 is 4.90 Å². The normalized spacial score (nSPS) is 21.0. The molecule has 2 aromatic carbocycles. The van der Waals surface area contributed by atoms with E-state index in [0.29, 0.717) is 5.78 Å². The van der Waals surface area contributed by atoms with E-state index in [1.807, 2.05) is 42.6 Å². The van der Waals surface area contributed by atoms with Crippen molar-refractivity contribution in [3.05, 3.63) is 89.2 Å². The van der Waals surface area contributed by atoms with Crippen molar-refractivity contribution in [2.75, 3.05) is 31.1 Å². The van der Waals surface area contributed by atoms with Gasteiger partial charge in [-0.1, -0.05) is 67.1 Å². The van der Waals surface area contributed by atoms with E-state index >= 15 is 0 Å². The minimum Gasteiger partial charge on any atom is -0.338 e. The number of aryl methyl sites for hydroxylation is 2. The van der Waals surface area contributed by atoms with E-state index in [2.05, 4.69) is 34.1 Å². The third kappa shape index (κ3) is 4.81. The summed E-state index contributed by atoms with van der Waals surface area (Å²) in [5.74, 6) is 1.02. The van der Waals surface area contributed by atoms with Gasteiger partial charge in [-0.2, -0.15) is 0 Å². The highest BCUT2D eigenvalue weighted by atomic mass is 16.1. The van der Waals surface area contributed by atoms with Crippen LogP contribution in [0.5, 0.6) is 0 Å². The molecule has 0 N–H and O–H groups in total. The van der Waals surface area contributed by atoms with E-state index in [1.165, 1.54) is 24.8 Å². The van der Waals surface area contributed by atoms with Crippen molar-refractivity contribution in [3.63, 3.8) is 0 Å². The van der Waals surface area contributed by atoms with Crippen molar-refractivity contribution in [1.82, 2.24) is 14.9 Å². The van der Waals surface area contributed by atoms with Crippen LogP contribution in [-0.2, 0) is 17.6 Å². The van der Waals surface area contributed by atoms with Crippen molar-refractivity contribution in [3.8, 4) is 0 Å². The van der Waals surface area contributed by atoms with Gasteiger partial charge >= 0.3 is 0 Å². The second kappa shape index (κ2) is 10.5. The van der Waals surface area contributed by atoms with Gasteiger partial charge in [0.05, 0.1) is 5.92 Å². The Morgan fingerprint density at radius 1 is 0.806 bits per heavy atom. The molecule has 0 spiro atoms. The molecule has 1 unspecified atom stereocenters. The lowest BCUT2D eigenvalue weighted by Gasteiger charge is -2.43. The van der Waals surface area contributed by atoms with E-state index in [0.717, 1.165) is 80.7 Å². The number of Topliss-reactive ketones (excluding diaryl/α,β-unsaturated/α-hetero) is 1. The van der Waals surface area contributed by atoms with Crippen LogP contribution in [0, 0.1) is 5.92 Å². The Kier molecular flexibility index (Phi) is 6.82. The fourth-order valence-electron chi connectivity index (χ4n) is 6.17. The SMILES string of the molecule is O=C(C1CCc2cnc(N3CCN(C4CCC4)CC3)nc2CC1)C(c1ccccc1)c1ccccc1. The molecule has 3 aromatic rings. The topological polar surface area (TPSA) is 49.3 Å². The van der Waals surface area contributed by atoms with E-state index < -0.39 is 0 Å². The molecular formula is C31H36N4O. The monoisotopic (exact) mass is 480 g/mol. The number of fused-ring (bicyclic) bond motifs is 1. The number of rotatable bonds is 6. The number of carbonyl (C=O) groups is 1. The Balaban J connectivity index is 1.16. The number of aromatic nitrogens is 2. The van der Waals surface area contributed by atoms with Crippen molar-refractivity contribution in [2.24, 2.45) is 5.92 Å². The van der Waals surface area contributed by atoms with Gasteiger partial charge in [0.25, 0.3) is 0 Å². The summed E-state index contributed by atoms with van der Waals surface area (Å²) in [5.41, 5.74) is 4.53. The lowest BCUT2D eigenvalue weighted by atomic mass is 9.80. The average molecular weight is 481 g/mol. The molecule has 3 aliphatic rings. The summed E-state index contributed by atoms with van der Waals surface area (Å²) in [6.45, 7) is 4.24. The molecule has 6 rings (SSSR count). The van der Waals surface area contributed by atoms with Gasteiger partial charge in [0, 0.05) is 50.0 Å². The Labute approximate surface area is 214 Å². The van der Waals surface area contributed by atoms with Crippen LogP contribution in [0.25, 0.3) is 0 Å². The second-order valence-corrected chi connectivity index (χ2v) is 10.7. The molecule has 1 saturated heterocycles. The van der Waals surface area contributed by atoms with Crippen LogP contribution >= 0.6 is 0 Å². The van der Waals surface area contributed by atoms with Crippen LogP contribution < -0.4 is 4.90 Å². The molecule has 1 saturated carbocycles. The maximum atomic E-state index is 14.0. The minimum atomic E-state index is -0.216. The summed E-state index contributed by atoms with van der Waals surface area (Å²) in [6, 6.07) is 21.3. The summed E-state index contributed by atoms with van der Waals surface area (Å²) >= 11 is 0. The summed E-state index contributed by atoms with van der Waals surface area (Å²) in [7, 11) is 0. The first kappa shape index (κ1) is 23.4.